The molecule has 0 radical (unpaired) electrons. The highest BCUT2D eigenvalue weighted by Crippen LogP contribution is 2.30. The fraction of sp³-hybridized carbons (Fsp3) is 0.913. The van der Waals surface area contributed by atoms with Crippen molar-refractivity contribution in [3.05, 3.63) is 0 Å². The van der Waals surface area contributed by atoms with Crippen LogP contribution in [-0.2, 0) is 14.3 Å². The van der Waals surface area contributed by atoms with Crippen LogP contribution < -0.4 is 0 Å². The van der Waals surface area contributed by atoms with Crippen LogP contribution in [0.5, 0.6) is 0 Å². The van der Waals surface area contributed by atoms with Crippen LogP contribution in [0.3, 0.4) is 0 Å². The van der Waals surface area contributed by atoms with Gasteiger partial charge in [0, 0.05) is 6.42 Å². The summed E-state index contributed by atoms with van der Waals surface area (Å²) in [4.78, 5) is 22.9. The molecule has 0 aliphatic carbocycles. The van der Waals surface area contributed by atoms with Gasteiger partial charge in [-0.25, -0.2) is 0 Å². The van der Waals surface area contributed by atoms with E-state index in [2.05, 4.69) is 13.8 Å². The van der Waals surface area contributed by atoms with Gasteiger partial charge >= 0.3 is 11.9 Å². The van der Waals surface area contributed by atoms with E-state index in [1.165, 1.54) is 0 Å². The zero-order valence-corrected chi connectivity index (χ0v) is 19.1. The summed E-state index contributed by atoms with van der Waals surface area (Å²) in [7, 11) is 0. The topological polar surface area (TPSA) is 83.8 Å². The Morgan fingerprint density at radius 1 is 0.929 bits per heavy atom. The molecule has 0 amide bonds. The molecule has 28 heavy (non-hydrogen) atoms. The number of hydrogen-bond donors (Lipinski definition) is 2. The number of ether oxygens (including phenoxy) is 1. The maximum Gasteiger partial charge on any atom is 0.311 e. The summed E-state index contributed by atoms with van der Waals surface area (Å²) in [6.07, 6.45) is 8.51. The predicted octanol–water partition coefficient (Wildman–Crippen LogP) is 5.73. The number of aliphatic carboxylic acids is 1. The first-order valence-electron chi connectivity index (χ1n) is 11.0. The molecule has 2 unspecified atom stereocenters. The number of carbonyl (C=O) groups excluding carboxylic acids is 1. The van der Waals surface area contributed by atoms with Crippen molar-refractivity contribution in [3.63, 3.8) is 0 Å². The molecule has 0 rings (SSSR count). The summed E-state index contributed by atoms with van der Waals surface area (Å²) in [5, 5.41) is 19.0. The first kappa shape index (κ1) is 26.9. The van der Waals surface area contributed by atoms with Crippen LogP contribution in [0, 0.1) is 10.8 Å². The standard InChI is InChI=1S/C23H44O5/c1-7-18(2)28-21(27)23(5,6)16-10-8-9-12-19(24)13-11-15-22(3,4)17-14-20(25)26/h18-19,24H,7-17H2,1-6H3,(H,25,26). The lowest BCUT2D eigenvalue weighted by atomic mass is 9.82. The van der Waals surface area contributed by atoms with Crippen molar-refractivity contribution in [3.8, 4) is 0 Å². The molecule has 0 saturated carbocycles. The van der Waals surface area contributed by atoms with E-state index in [1.54, 1.807) is 0 Å². The van der Waals surface area contributed by atoms with Gasteiger partial charge in [0.15, 0.2) is 0 Å². The summed E-state index contributed by atoms with van der Waals surface area (Å²) in [5.74, 6) is -0.864. The zero-order valence-electron chi connectivity index (χ0n) is 19.1. The Morgan fingerprint density at radius 2 is 1.54 bits per heavy atom. The van der Waals surface area contributed by atoms with Gasteiger partial charge in [0.2, 0.25) is 0 Å². The van der Waals surface area contributed by atoms with Crippen molar-refractivity contribution in [1.29, 1.82) is 0 Å². The van der Waals surface area contributed by atoms with Crippen LogP contribution in [0.15, 0.2) is 0 Å². The van der Waals surface area contributed by atoms with Gasteiger partial charge in [0.25, 0.3) is 0 Å². The summed E-state index contributed by atoms with van der Waals surface area (Å²) >= 11 is 0. The molecule has 5 heteroatoms. The third-order valence-corrected chi connectivity index (χ3v) is 5.68. The molecule has 166 valence electrons. The zero-order chi connectivity index (χ0) is 21.8. The predicted molar refractivity (Wildman–Crippen MR) is 113 cm³/mol. The van der Waals surface area contributed by atoms with Gasteiger partial charge in [-0.2, -0.15) is 0 Å². The third kappa shape index (κ3) is 13.1. The number of carboxylic acid groups (broad SMARTS) is 1. The van der Waals surface area contributed by atoms with E-state index in [0.29, 0.717) is 6.42 Å². The minimum atomic E-state index is -0.746. The fourth-order valence-electron chi connectivity index (χ4n) is 3.18. The van der Waals surface area contributed by atoms with E-state index in [-0.39, 0.29) is 30.0 Å². The highest BCUT2D eigenvalue weighted by Gasteiger charge is 2.29. The summed E-state index contributed by atoms with van der Waals surface area (Å²) in [6, 6.07) is 0. The van der Waals surface area contributed by atoms with E-state index >= 15 is 0 Å². The van der Waals surface area contributed by atoms with Gasteiger partial charge in [-0.3, -0.25) is 9.59 Å². The molecule has 0 saturated heterocycles. The third-order valence-electron chi connectivity index (χ3n) is 5.68. The molecular weight excluding hydrogens is 356 g/mol. The highest BCUT2D eigenvalue weighted by molar-refractivity contribution is 5.76. The second kappa shape index (κ2) is 13.2. The number of carbonyl (C=O) groups is 2. The minimum Gasteiger partial charge on any atom is -0.481 e. The van der Waals surface area contributed by atoms with Crippen LogP contribution >= 0.6 is 0 Å². The van der Waals surface area contributed by atoms with E-state index in [0.717, 1.165) is 57.8 Å². The average Bonchev–Trinajstić information content (AvgIpc) is 2.59. The monoisotopic (exact) mass is 400 g/mol. The Hall–Kier alpha value is -1.10. The molecule has 0 aliphatic heterocycles. The number of aliphatic hydroxyl groups excluding tert-OH is 1. The molecule has 5 nitrogen and oxygen atoms in total. The fourth-order valence-corrected chi connectivity index (χ4v) is 3.18. The minimum absolute atomic E-state index is 0.00751. The van der Waals surface area contributed by atoms with Crippen molar-refractivity contribution in [2.75, 3.05) is 0 Å². The normalized spacial score (nSPS) is 14.5. The number of aliphatic hydroxyl groups is 1. The smallest absolute Gasteiger partial charge is 0.311 e. The summed E-state index contributed by atoms with van der Waals surface area (Å²) in [6.45, 7) is 12.0. The molecule has 0 heterocycles. The van der Waals surface area contributed by atoms with E-state index in [1.807, 2.05) is 27.7 Å². The molecule has 0 aromatic heterocycles. The molecule has 0 spiro atoms. The summed E-state index contributed by atoms with van der Waals surface area (Å²) in [5.41, 5.74) is -0.447. The van der Waals surface area contributed by atoms with Crippen LogP contribution in [0.1, 0.15) is 112 Å². The van der Waals surface area contributed by atoms with E-state index < -0.39 is 11.4 Å². The van der Waals surface area contributed by atoms with Gasteiger partial charge in [-0.05, 0) is 64.7 Å². The maximum absolute atomic E-state index is 12.2. The second-order valence-electron chi connectivity index (χ2n) is 9.71. The van der Waals surface area contributed by atoms with Gasteiger partial charge in [-0.15, -0.1) is 0 Å². The molecule has 0 aromatic rings. The Balaban J connectivity index is 3.91. The molecule has 0 fully saturated rings. The van der Waals surface area contributed by atoms with Crippen molar-refractivity contribution in [2.24, 2.45) is 10.8 Å². The lowest BCUT2D eigenvalue weighted by molar-refractivity contribution is -0.159. The Kier molecular flexibility index (Phi) is 12.7. The number of carboxylic acids is 1. The van der Waals surface area contributed by atoms with Crippen LogP contribution in [0.4, 0.5) is 0 Å². The number of rotatable bonds is 16. The van der Waals surface area contributed by atoms with Crippen molar-refractivity contribution in [2.45, 2.75) is 124 Å². The number of esters is 1. The average molecular weight is 401 g/mol. The second-order valence-corrected chi connectivity index (χ2v) is 9.71. The lowest BCUT2D eigenvalue weighted by Crippen LogP contribution is -2.29. The molecule has 2 atom stereocenters. The quantitative estimate of drug-likeness (QED) is 0.255. The number of hydrogen-bond acceptors (Lipinski definition) is 4. The van der Waals surface area contributed by atoms with Crippen LogP contribution in [0.25, 0.3) is 0 Å². The van der Waals surface area contributed by atoms with Crippen molar-refractivity contribution in [1.82, 2.24) is 0 Å². The first-order chi connectivity index (χ1) is 12.9. The van der Waals surface area contributed by atoms with E-state index in [9.17, 15) is 14.7 Å². The summed E-state index contributed by atoms with van der Waals surface area (Å²) < 4.78 is 5.45. The molecular formula is C23H44O5. The van der Waals surface area contributed by atoms with Gasteiger partial charge in [0.05, 0.1) is 17.6 Å². The van der Waals surface area contributed by atoms with Crippen LogP contribution in [0.2, 0.25) is 0 Å². The van der Waals surface area contributed by atoms with Gasteiger partial charge < -0.3 is 14.9 Å². The van der Waals surface area contributed by atoms with Gasteiger partial charge in [0.1, 0.15) is 0 Å². The Morgan fingerprint density at radius 3 is 2.11 bits per heavy atom. The van der Waals surface area contributed by atoms with Crippen LogP contribution in [-0.4, -0.2) is 34.4 Å². The molecule has 0 bridgehead atoms. The van der Waals surface area contributed by atoms with Crippen molar-refractivity contribution >= 4 is 11.9 Å². The maximum atomic E-state index is 12.2. The Labute approximate surface area is 172 Å². The van der Waals surface area contributed by atoms with Gasteiger partial charge in [-0.1, -0.05) is 46.5 Å². The number of unbranched alkanes of at least 4 members (excludes halogenated alkanes) is 2. The SMILES string of the molecule is CCC(C)OC(=O)C(C)(C)CCCCCC(O)CCCC(C)(C)CCC(=O)O. The molecule has 0 aliphatic rings. The van der Waals surface area contributed by atoms with E-state index in [4.69, 9.17) is 9.84 Å². The first-order valence-corrected chi connectivity index (χ1v) is 11.0. The highest BCUT2D eigenvalue weighted by atomic mass is 16.5. The molecule has 0 aromatic carbocycles. The largest absolute Gasteiger partial charge is 0.481 e. The lowest BCUT2D eigenvalue weighted by Gasteiger charge is -2.25. The molecule has 2 N–H and O–H groups in total. The van der Waals surface area contributed by atoms with Crippen molar-refractivity contribution < 1.29 is 24.5 Å². The Bertz CT molecular complexity index is 456.